The van der Waals surface area contributed by atoms with Crippen LogP contribution in [0, 0.1) is 0 Å². The van der Waals surface area contributed by atoms with Crippen LogP contribution in [0.2, 0.25) is 0 Å². The molecule has 0 aliphatic rings. The van der Waals surface area contributed by atoms with Gasteiger partial charge in [0.25, 0.3) is 0 Å². The van der Waals surface area contributed by atoms with E-state index in [1.807, 2.05) is 13.0 Å². The van der Waals surface area contributed by atoms with Crippen LogP contribution in [-0.2, 0) is 9.53 Å². The van der Waals surface area contributed by atoms with Crippen LogP contribution in [0.15, 0.2) is 18.3 Å². The van der Waals surface area contributed by atoms with Crippen molar-refractivity contribution in [1.82, 2.24) is 10.3 Å². The lowest BCUT2D eigenvalue weighted by Crippen LogP contribution is -2.30. The maximum atomic E-state index is 11.9. The maximum Gasteiger partial charge on any atom is 0.327 e. The van der Waals surface area contributed by atoms with Gasteiger partial charge in [-0.05, 0) is 31.5 Å². The minimum atomic E-state index is -0.469. The summed E-state index contributed by atoms with van der Waals surface area (Å²) in [5.41, 5.74) is 0.780. The van der Waals surface area contributed by atoms with Gasteiger partial charge in [0.1, 0.15) is 6.04 Å². The highest BCUT2D eigenvalue weighted by atomic mass is 16.5. The molecule has 100 valence electrons. The summed E-state index contributed by atoms with van der Waals surface area (Å²) in [6.45, 7) is 4.95. The molecule has 5 heteroatoms. The standard InChI is InChI=1S/C13H20N2O3/c1-4-8-14-12(13(16)18-5-2)10-6-7-11(17-3)15-9-10/h6-7,9,12,14H,4-5,8H2,1-3H3. The summed E-state index contributed by atoms with van der Waals surface area (Å²) in [6, 6.07) is 3.08. The third-order valence-electron chi connectivity index (χ3n) is 2.42. The van der Waals surface area contributed by atoms with Gasteiger partial charge in [-0.3, -0.25) is 0 Å². The minimum Gasteiger partial charge on any atom is -0.481 e. The van der Waals surface area contributed by atoms with E-state index in [2.05, 4.69) is 10.3 Å². The average Bonchev–Trinajstić information content (AvgIpc) is 2.40. The lowest BCUT2D eigenvalue weighted by Gasteiger charge is -2.17. The number of carbonyl (C=O) groups is 1. The average molecular weight is 252 g/mol. The number of carbonyl (C=O) groups excluding carboxylic acids is 1. The third-order valence-corrected chi connectivity index (χ3v) is 2.42. The predicted molar refractivity (Wildman–Crippen MR) is 68.5 cm³/mol. The molecule has 0 aliphatic heterocycles. The number of nitrogens with one attached hydrogen (secondary N) is 1. The Morgan fingerprint density at radius 3 is 2.72 bits per heavy atom. The maximum absolute atomic E-state index is 11.9. The van der Waals surface area contributed by atoms with Gasteiger partial charge in [-0.15, -0.1) is 0 Å². The Morgan fingerprint density at radius 1 is 1.44 bits per heavy atom. The molecule has 1 N–H and O–H groups in total. The second-order valence-corrected chi connectivity index (χ2v) is 3.77. The smallest absolute Gasteiger partial charge is 0.327 e. The lowest BCUT2D eigenvalue weighted by molar-refractivity contribution is -0.145. The van der Waals surface area contributed by atoms with Crippen molar-refractivity contribution in [2.24, 2.45) is 0 Å². The van der Waals surface area contributed by atoms with E-state index in [9.17, 15) is 4.79 Å². The van der Waals surface area contributed by atoms with Gasteiger partial charge >= 0.3 is 5.97 Å². The van der Waals surface area contributed by atoms with E-state index in [4.69, 9.17) is 9.47 Å². The second-order valence-electron chi connectivity index (χ2n) is 3.77. The van der Waals surface area contributed by atoms with E-state index >= 15 is 0 Å². The fourth-order valence-corrected chi connectivity index (χ4v) is 1.53. The SMILES string of the molecule is CCCNC(C(=O)OCC)c1ccc(OC)nc1. The van der Waals surface area contributed by atoms with Crippen molar-refractivity contribution in [3.63, 3.8) is 0 Å². The Bertz CT molecular complexity index is 365. The van der Waals surface area contributed by atoms with Crippen LogP contribution in [0.3, 0.4) is 0 Å². The van der Waals surface area contributed by atoms with E-state index in [0.717, 1.165) is 18.5 Å². The summed E-state index contributed by atoms with van der Waals surface area (Å²) in [7, 11) is 1.56. The highest BCUT2D eigenvalue weighted by molar-refractivity contribution is 5.77. The second kappa shape index (κ2) is 7.66. The van der Waals surface area contributed by atoms with Gasteiger partial charge in [0.05, 0.1) is 13.7 Å². The number of esters is 1. The van der Waals surface area contributed by atoms with E-state index in [1.54, 1.807) is 26.3 Å². The molecule has 0 radical (unpaired) electrons. The van der Waals surface area contributed by atoms with Crippen molar-refractivity contribution >= 4 is 5.97 Å². The van der Waals surface area contributed by atoms with E-state index in [0.29, 0.717) is 12.5 Å². The number of pyridine rings is 1. The number of rotatable bonds is 7. The van der Waals surface area contributed by atoms with Crippen molar-refractivity contribution in [3.8, 4) is 5.88 Å². The quantitative estimate of drug-likeness (QED) is 0.748. The molecule has 0 aliphatic carbocycles. The molecular formula is C13H20N2O3. The van der Waals surface area contributed by atoms with Crippen LogP contribution < -0.4 is 10.1 Å². The van der Waals surface area contributed by atoms with Gasteiger partial charge in [-0.25, -0.2) is 9.78 Å². The van der Waals surface area contributed by atoms with Crippen LogP contribution >= 0.6 is 0 Å². The topological polar surface area (TPSA) is 60.5 Å². The number of methoxy groups -OCH3 is 1. The third kappa shape index (κ3) is 4.00. The van der Waals surface area contributed by atoms with E-state index < -0.39 is 6.04 Å². The Morgan fingerprint density at radius 2 is 2.22 bits per heavy atom. The van der Waals surface area contributed by atoms with Gasteiger partial charge in [0, 0.05) is 12.3 Å². The van der Waals surface area contributed by atoms with Crippen molar-refractivity contribution in [1.29, 1.82) is 0 Å². The fraction of sp³-hybridized carbons (Fsp3) is 0.538. The lowest BCUT2D eigenvalue weighted by atomic mass is 10.1. The van der Waals surface area contributed by atoms with Gasteiger partial charge < -0.3 is 14.8 Å². The number of nitrogens with zero attached hydrogens (tertiary/aromatic N) is 1. The van der Waals surface area contributed by atoms with Crippen LogP contribution in [0.25, 0.3) is 0 Å². The Hall–Kier alpha value is -1.62. The zero-order valence-electron chi connectivity index (χ0n) is 11.1. The summed E-state index contributed by atoms with van der Waals surface area (Å²) in [5.74, 6) is 0.245. The molecule has 1 unspecified atom stereocenters. The Kier molecular flexibility index (Phi) is 6.14. The van der Waals surface area contributed by atoms with Crippen molar-refractivity contribution in [3.05, 3.63) is 23.9 Å². The molecule has 0 saturated carbocycles. The molecule has 0 aromatic carbocycles. The monoisotopic (exact) mass is 252 g/mol. The van der Waals surface area contributed by atoms with Crippen molar-refractivity contribution < 1.29 is 14.3 Å². The molecule has 1 aromatic rings. The van der Waals surface area contributed by atoms with E-state index in [1.165, 1.54) is 0 Å². The largest absolute Gasteiger partial charge is 0.481 e. The van der Waals surface area contributed by atoms with Crippen LogP contribution in [0.5, 0.6) is 5.88 Å². The zero-order valence-corrected chi connectivity index (χ0v) is 11.1. The molecule has 5 nitrogen and oxygen atoms in total. The number of hydrogen-bond donors (Lipinski definition) is 1. The van der Waals surface area contributed by atoms with Crippen LogP contribution in [-0.4, -0.2) is 31.2 Å². The Balaban J connectivity index is 2.82. The highest BCUT2D eigenvalue weighted by Crippen LogP contribution is 2.16. The molecule has 0 spiro atoms. The first-order chi connectivity index (χ1) is 8.72. The van der Waals surface area contributed by atoms with Crippen molar-refractivity contribution in [2.75, 3.05) is 20.3 Å². The summed E-state index contributed by atoms with van der Waals surface area (Å²) in [4.78, 5) is 16.0. The predicted octanol–water partition coefficient (Wildman–Crippen LogP) is 1.69. The first-order valence-corrected chi connectivity index (χ1v) is 6.12. The van der Waals surface area contributed by atoms with Gasteiger partial charge in [-0.1, -0.05) is 6.92 Å². The van der Waals surface area contributed by atoms with Crippen molar-refractivity contribution in [2.45, 2.75) is 26.3 Å². The number of aromatic nitrogens is 1. The number of hydrogen-bond acceptors (Lipinski definition) is 5. The molecule has 1 rings (SSSR count). The Labute approximate surface area is 108 Å². The van der Waals surface area contributed by atoms with Crippen LogP contribution in [0.4, 0.5) is 0 Å². The number of ether oxygens (including phenoxy) is 2. The minimum absolute atomic E-state index is 0.280. The molecule has 1 heterocycles. The summed E-state index contributed by atoms with van der Waals surface area (Å²) in [5, 5.41) is 3.15. The zero-order chi connectivity index (χ0) is 13.4. The van der Waals surface area contributed by atoms with Crippen LogP contribution in [0.1, 0.15) is 31.9 Å². The first-order valence-electron chi connectivity index (χ1n) is 6.12. The molecule has 0 saturated heterocycles. The van der Waals surface area contributed by atoms with Gasteiger partial charge in [0.2, 0.25) is 5.88 Å². The summed E-state index contributed by atoms with van der Waals surface area (Å²) < 4.78 is 10.0. The molecule has 1 atom stereocenters. The summed E-state index contributed by atoms with van der Waals surface area (Å²) in [6.07, 6.45) is 2.57. The first kappa shape index (κ1) is 14.4. The molecule has 1 aromatic heterocycles. The summed E-state index contributed by atoms with van der Waals surface area (Å²) >= 11 is 0. The van der Waals surface area contributed by atoms with E-state index in [-0.39, 0.29) is 5.97 Å². The van der Waals surface area contributed by atoms with Gasteiger partial charge in [-0.2, -0.15) is 0 Å². The molecule has 0 bridgehead atoms. The van der Waals surface area contributed by atoms with Gasteiger partial charge in [0.15, 0.2) is 0 Å². The molecular weight excluding hydrogens is 232 g/mol. The highest BCUT2D eigenvalue weighted by Gasteiger charge is 2.21. The molecule has 0 amide bonds. The molecule has 18 heavy (non-hydrogen) atoms. The molecule has 0 fully saturated rings. The fourth-order valence-electron chi connectivity index (χ4n) is 1.53. The normalized spacial score (nSPS) is 11.9.